The maximum atomic E-state index is 12.2. The third kappa shape index (κ3) is 3.67. The van der Waals surface area contributed by atoms with Gasteiger partial charge < -0.3 is 9.73 Å². The van der Waals surface area contributed by atoms with Gasteiger partial charge >= 0.3 is 0 Å². The highest BCUT2D eigenvalue weighted by atomic mass is 32.1. The minimum absolute atomic E-state index is 0.134. The van der Waals surface area contributed by atoms with Crippen molar-refractivity contribution in [2.75, 3.05) is 5.32 Å². The minimum Gasteiger partial charge on any atom is -0.462 e. The molecule has 0 fully saturated rings. The van der Waals surface area contributed by atoms with Crippen LogP contribution in [0.5, 0.6) is 0 Å². The van der Waals surface area contributed by atoms with Crippen molar-refractivity contribution in [2.24, 2.45) is 0 Å². The molecule has 0 radical (unpaired) electrons. The highest BCUT2D eigenvalue weighted by Crippen LogP contribution is 2.26. The first kappa shape index (κ1) is 15.7. The molecule has 1 amide bonds. The van der Waals surface area contributed by atoms with Gasteiger partial charge in [-0.25, -0.2) is 9.97 Å². The van der Waals surface area contributed by atoms with E-state index in [1.165, 1.54) is 22.7 Å². The molecule has 3 aromatic heterocycles. The summed E-state index contributed by atoms with van der Waals surface area (Å²) in [7, 11) is 0. The Morgan fingerprint density at radius 3 is 2.72 bits per heavy atom. The summed E-state index contributed by atoms with van der Waals surface area (Å²) in [4.78, 5) is 21.1. The van der Waals surface area contributed by atoms with E-state index < -0.39 is 0 Å². The first-order valence-corrected chi connectivity index (χ1v) is 9.33. The first-order valence-electron chi connectivity index (χ1n) is 7.57. The molecule has 7 heteroatoms. The molecule has 0 unspecified atom stereocenters. The quantitative estimate of drug-likeness (QED) is 0.555. The van der Waals surface area contributed by atoms with Gasteiger partial charge in [0.1, 0.15) is 0 Å². The molecule has 1 N–H and O–H groups in total. The zero-order chi connectivity index (χ0) is 17.1. The van der Waals surface area contributed by atoms with E-state index in [2.05, 4.69) is 15.3 Å². The number of furan rings is 1. The molecule has 3 heterocycles. The average molecular weight is 367 g/mol. The highest BCUT2D eigenvalue weighted by molar-refractivity contribution is 7.14. The van der Waals surface area contributed by atoms with Crippen molar-refractivity contribution in [1.82, 2.24) is 9.97 Å². The van der Waals surface area contributed by atoms with Crippen LogP contribution in [0.3, 0.4) is 0 Å². The predicted octanol–water partition coefficient (Wildman–Crippen LogP) is 4.71. The van der Waals surface area contributed by atoms with Gasteiger partial charge in [0.2, 0.25) is 5.91 Å². The molecular weight excluding hydrogens is 354 g/mol. The van der Waals surface area contributed by atoms with Gasteiger partial charge in [0, 0.05) is 16.3 Å². The van der Waals surface area contributed by atoms with Crippen LogP contribution in [0.15, 0.2) is 63.9 Å². The number of nitrogens with zero attached hydrogens (tertiary/aromatic N) is 2. The third-order valence-corrected chi connectivity index (χ3v) is 5.11. The number of amides is 1. The van der Waals surface area contributed by atoms with Gasteiger partial charge in [-0.1, -0.05) is 30.3 Å². The van der Waals surface area contributed by atoms with Gasteiger partial charge in [0.05, 0.1) is 24.1 Å². The lowest BCUT2D eigenvalue weighted by atomic mass is 10.2. The Kier molecular flexibility index (Phi) is 4.41. The summed E-state index contributed by atoms with van der Waals surface area (Å²) in [5.41, 5.74) is 2.60. The van der Waals surface area contributed by atoms with E-state index in [1.54, 1.807) is 6.26 Å². The fourth-order valence-electron chi connectivity index (χ4n) is 2.30. The van der Waals surface area contributed by atoms with Gasteiger partial charge in [-0.2, -0.15) is 0 Å². The normalized spacial score (nSPS) is 10.7. The molecule has 0 saturated carbocycles. The number of hydrogen-bond donors (Lipinski definition) is 1. The number of benzene rings is 1. The van der Waals surface area contributed by atoms with E-state index in [-0.39, 0.29) is 12.3 Å². The molecule has 0 aliphatic heterocycles. The molecule has 0 bridgehead atoms. The number of carbonyl (C=O) groups is 1. The van der Waals surface area contributed by atoms with Crippen molar-refractivity contribution in [1.29, 1.82) is 0 Å². The molecule has 1 aromatic carbocycles. The lowest BCUT2D eigenvalue weighted by Gasteiger charge is -1.99. The van der Waals surface area contributed by atoms with Crippen LogP contribution in [0.25, 0.3) is 22.0 Å². The van der Waals surface area contributed by atoms with Gasteiger partial charge in [-0.15, -0.1) is 22.7 Å². The van der Waals surface area contributed by atoms with E-state index >= 15 is 0 Å². The number of anilines is 1. The molecule has 4 rings (SSSR count). The molecule has 5 nitrogen and oxygen atoms in total. The zero-order valence-corrected chi connectivity index (χ0v) is 14.6. The van der Waals surface area contributed by atoms with E-state index in [4.69, 9.17) is 4.42 Å². The van der Waals surface area contributed by atoms with E-state index in [1.807, 2.05) is 53.2 Å². The maximum absolute atomic E-state index is 12.2. The summed E-state index contributed by atoms with van der Waals surface area (Å²) in [6.45, 7) is 0. The minimum atomic E-state index is -0.134. The Bertz CT molecular complexity index is 975. The van der Waals surface area contributed by atoms with Crippen LogP contribution >= 0.6 is 22.7 Å². The number of rotatable bonds is 5. The molecule has 0 aliphatic carbocycles. The molecule has 25 heavy (non-hydrogen) atoms. The summed E-state index contributed by atoms with van der Waals surface area (Å²) < 4.78 is 5.32. The fraction of sp³-hybridized carbons (Fsp3) is 0.0556. The molecular formula is C18H13N3O2S2. The average Bonchev–Trinajstić information content (AvgIpc) is 3.37. The summed E-state index contributed by atoms with van der Waals surface area (Å²) in [6, 6.07) is 13.5. The molecule has 0 saturated heterocycles. The Hall–Kier alpha value is -2.77. The fourth-order valence-corrected chi connectivity index (χ4v) is 3.82. The second-order valence-electron chi connectivity index (χ2n) is 5.25. The van der Waals surface area contributed by atoms with Crippen molar-refractivity contribution in [3.8, 4) is 22.0 Å². The van der Waals surface area contributed by atoms with E-state index in [0.717, 1.165) is 16.3 Å². The SMILES string of the molecule is O=C(Cc1csc(-c2ccco2)n1)Nc1nc(-c2ccccc2)cs1. The lowest BCUT2D eigenvalue weighted by Crippen LogP contribution is -2.14. The first-order chi connectivity index (χ1) is 12.3. The molecule has 0 spiro atoms. The Labute approximate surface area is 152 Å². The predicted molar refractivity (Wildman–Crippen MR) is 99.7 cm³/mol. The standard InChI is InChI=1S/C18H13N3O2S2/c22-16(9-13-10-24-17(19-13)15-7-4-8-23-15)21-18-20-14(11-25-18)12-5-2-1-3-6-12/h1-8,10-11H,9H2,(H,20,21,22). The van der Waals surface area contributed by atoms with Gasteiger partial charge in [0.25, 0.3) is 0 Å². The summed E-state index contributed by atoms with van der Waals surface area (Å²) in [6.07, 6.45) is 1.81. The maximum Gasteiger partial charge on any atom is 0.232 e. The van der Waals surface area contributed by atoms with Crippen molar-refractivity contribution in [3.63, 3.8) is 0 Å². The van der Waals surface area contributed by atoms with Gasteiger partial charge in [-0.3, -0.25) is 4.79 Å². The van der Waals surface area contributed by atoms with Crippen LogP contribution in [-0.4, -0.2) is 15.9 Å². The molecule has 4 aromatic rings. The van der Waals surface area contributed by atoms with Crippen molar-refractivity contribution in [3.05, 3.63) is 65.2 Å². The molecule has 0 atom stereocenters. The number of carbonyl (C=O) groups excluding carboxylic acids is 1. The molecule has 124 valence electrons. The number of nitrogens with one attached hydrogen (secondary N) is 1. The number of aromatic nitrogens is 2. The number of thiazole rings is 2. The Morgan fingerprint density at radius 1 is 1.04 bits per heavy atom. The van der Waals surface area contributed by atoms with Crippen LogP contribution in [0, 0.1) is 0 Å². The summed E-state index contributed by atoms with van der Waals surface area (Å²) >= 11 is 2.87. The van der Waals surface area contributed by atoms with E-state index in [9.17, 15) is 4.79 Å². The summed E-state index contributed by atoms with van der Waals surface area (Å²) in [5, 5.41) is 8.00. The summed E-state index contributed by atoms with van der Waals surface area (Å²) in [5.74, 6) is 0.578. The molecule has 0 aliphatic rings. The van der Waals surface area contributed by atoms with Crippen molar-refractivity contribution >= 4 is 33.7 Å². The van der Waals surface area contributed by atoms with E-state index in [0.29, 0.717) is 16.6 Å². The highest BCUT2D eigenvalue weighted by Gasteiger charge is 2.12. The Morgan fingerprint density at radius 2 is 1.92 bits per heavy atom. The van der Waals surface area contributed by atoms with Crippen molar-refractivity contribution in [2.45, 2.75) is 6.42 Å². The van der Waals surface area contributed by atoms with Crippen LogP contribution in [0.4, 0.5) is 5.13 Å². The Balaban J connectivity index is 1.40. The van der Waals surface area contributed by atoms with Crippen LogP contribution < -0.4 is 5.32 Å². The number of hydrogen-bond acceptors (Lipinski definition) is 6. The van der Waals surface area contributed by atoms with Crippen LogP contribution in [-0.2, 0) is 11.2 Å². The van der Waals surface area contributed by atoms with Gasteiger partial charge in [-0.05, 0) is 12.1 Å². The topological polar surface area (TPSA) is 68.0 Å². The second-order valence-corrected chi connectivity index (χ2v) is 6.97. The van der Waals surface area contributed by atoms with Crippen molar-refractivity contribution < 1.29 is 9.21 Å². The zero-order valence-electron chi connectivity index (χ0n) is 13.0. The second kappa shape index (κ2) is 7.00. The monoisotopic (exact) mass is 367 g/mol. The third-order valence-electron chi connectivity index (χ3n) is 3.45. The lowest BCUT2D eigenvalue weighted by molar-refractivity contribution is -0.115. The van der Waals surface area contributed by atoms with Crippen LogP contribution in [0.1, 0.15) is 5.69 Å². The largest absolute Gasteiger partial charge is 0.462 e. The van der Waals surface area contributed by atoms with Gasteiger partial charge in [0.15, 0.2) is 15.9 Å². The van der Waals surface area contributed by atoms with Crippen LogP contribution in [0.2, 0.25) is 0 Å². The smallest absolute Gasteiger partial charge is 0.232 e.